The highest BCUT2D eigenvalue weighted by Gasteiger charge is 2.22. The van der Waals surface area contributed by atoms with Crippen LogP contribution in [0.1, 0.15) is 28.0 Å². The monoisotopic (exact) mass is 446 g/mol. The first-order chi connectivity index (χ1) is 16.2. The minimum absolute atomic E-state index is 0.103. The van der Waals surface area contributed by atoms with E-state index < -0.39 is 0 Å². The van der Waals surface area contributed by atoms with Crippen LogP contribution in [0.4, 0.5) is 0 Å². The van der Waals surface area contributed by atoms with Crippen molar-refractivity contribution < 1.29 is 23.7 Å². The zero-order chi connectivity index (χ0) is 22.5. The number of hydrogen-bond donors (Lipinski definition) is 0. The van der Waals surface area contributed by atoms with E-state index >= 15 is 0 Å². The molecule has 0 N–H and O–H groups in total. The van der Waals surface area contributed by atoms with Gasteiger partial charge in [-0.3, -0.25) is 9.78 Å². The minimum Gasteiger partial charge on any atom is -0.493 e. The van der Waals surface area contributed by atoms with Gasteiger partial charge in [0.05, 0.1) is 25.5 Å². The van der Waals surface area contributed by atoms with E-state index in [9.17, 15) is 4.79 Å². The Morgan fingerprint density at radius 1 is 1.03 bits per heavy atom. The van der Waals surface area contributed by atoms with Crippen LogP contribution in [-0.2, 0) is 17.8 Å². The normalized spacial score (nSPS) is 16.5. The lowest BCUT2D eigenvalue weighted by atomic mass is 10.1. The van der Waals surface area contributed by atoms with Gasteiger partial charge in [-0.15, -0.1) is 0 Å². The predicted octanol–water partition coefficient (Wildman–Crippen LogP) is 4.07. The standard InChI is InChI=1S/C26H26N2O5/c29-26(21-7-8-24-25(13-21)33-18-32-24)28(15-22-5-1-2-10-27-22)14-19-4-3-6-23(12-19)31-17-20-9-11-30-16-20/h1-8,10,12-13,20H,9,11,14-18H2/t20-/m0/s1. The van der Waals surface area contributed by atoms with E-state index in [1.54, 1.807) is 29.3 Å². The van der Waals surface area contributed by atoms with Crippen molar-refractivity contribution in [2.75, 3.05) is 26.6 Å². The highest BCUT2D eigenvalue weighted by Crippen LogP contribution is 2.33. The quantitative estimate of drug-likeness (QED) is 0.520. The number of benzene rings is 2. The van der Waals surface area contributed by atoms with Gasteiger partial charge in [0.25, 0.3) is 5.91 Å². The molecule has 33 heavy (non-hydrogen) atoms. The highest BCUT2D eigenvalue weighted by molar-refractivity contribution is 5.95. The summed E-state index contributed by atoms with van der Waals surface area (Å²) in [6.45, 7) is 3.17. The molecule has 0 spiro atoms. The summed E-state index contributed by atoms with van der Waals surface area (Å²) in [5.41, 5.74) is 2.35. The SMILES string of the molecule is O=C(c1ccc2c(c1)OCO2)N(Cc1cccc(OC[C@H]2CCOC2)c1)Cc1ccccn1. The van der Waals surface area contributed by atoms with Crippen molar-refractivity contribution in [2.45, 2.75) is 19.5 Å². The zero-order valence-electron chi connectivity index (χ0n) is 18.3. The largest absolute Gasteiger partial charge is 0.493 e. The van der Waals surface area contributed by atoms with Gasteiger partial charge in [0.2, 0.25) is 6.79 Å². The molecule has 5 rings (SSSR count). The first-order valence-corrected chi connectivity index (χ1v) is 11.1. The molecule has 0 aliphatic carbocycles. The molecule has 1 fully saturated rings. The lowest BCUT2D eigenvalue weighted by Crippen LogP contribution is -2.30. The van der Waals surface area contributed by atoms with E-state index in [4.69, 9.17) is 18.9 Å². The highest BCUT2D eigenvalue weighted by atomic mass is 16.7. The third kappa shape index (κ3) is 5.26. The van der Waals surface area contributed by atoms with Gasteiger partial charge >= 0.3 is 0 Å². The third-order valence-electron chi connectivity index (χ3n) is 5.77. The summed E-state index contributed by atoms with van der Waals surface area (Å²) in [6, 6.07) is 18.9. The molecule has 0 radical (unpaired) electrons. The van der Waals surface area contributed by atoms with E-state index in [0.29, 0.717) is 42.7 Å². The van der Waals surface area contributed by atoms with Gasteiger partial charge in [0.15, 0.2) is 11.5 Å². The second-order valence-electron chi connectivity index (χ2n) is 8.24. The molecule has 0 unspecified atom stereocenters. The second-order valence-corrected chi connectivity index (χ2v) is 8.24. The molecular weight excluding hydrogens is 420 g/mol. The molecule has 2 aliphatic rings. The number of aromatic nitrogens is 1. The molecule has 2 aliphatic heterocycles. The predicted molar refractivity (Wildman–Crippen MR) is 121 cm³/mol. The average Bonchev–Trinajstić information content (AvgIpc) is 3.54. The van der Waals surface area contributed by atoms with Gasteiger partial charge in [0, 0.05) is 30.8 Å². The van der Waals surface area contributed by atoms with Crippen molar-refractivity contribution in [3.63, 3.8) is 0 Å². The molecule has 1 amide bonds. The van der Waals surface area contributed by atoms with Crippen molar-refractivity contribution in [1.82, 2.24) is 9.88 Å². The fourth-order valence-electron chi connectivity index (χ4n) is 3.98. The van der Waals surface area contributed by atoms with Gasteiger partial charge < -0.3 is 23.8 Å². The summed E-state index contributed by atoms with van der Waals surface area (Å²) < 4.78 is 22.3. The van der Waals surface area contributed by atoms with Gasteiger partial charge in [0.1, 0.15) is 5.75 Å². The molecular formula is C26H26N2O5. The van der Waals surface area contributed by atoms with Gasteiger partial charge in [-0.2, -0.15) is 0 Å². The summed E-state index contributed by atoms with van der Waals surface area (Å²) in [5, 5.41) is 0. The molecule has 0 bridgehead atoms. The summed E-state index contributed by atoms with van der Waals surface area (Å²) in [5.74, 6) is 2.37. The van der Waals surface area contributed by atoms with Crippen LogP contribution in [-0.4, -0.2) is 42.4 Å². The summed E-state index contributed by atoms with van der Waals surface area (Å²) in [6.07, 6.45) is 2.77. The number of carbonyl (C=O) groups is 1. The van der Waals surface area contributed by atoms with Crippen molar-refractivity contribution in [3.8, 4) is 17.2 Å². The van der Waals surface area contributed by atoms with E-state index in [-0.39, 0.29) is 12.7 Å². The Hall–Kier alpha value is -3.58. The van der Waals surface area contributed by atoms with E-state index in [1.807, 2.05) is 42.5 Å². The maximum atomic E-state index is 13.5. The number of fused-ring (bicyclic) bond motifs is 1. The maximum absolute atomic E-state index is 13.5. The number of ether oxygens (including phenoxy) is 4. The maximum Gasteiger partial charge on any atom is 0.254 e. The Bertz CT molecular complexity index is 1100. The average molecular weight is 447 g/mol. The number of nitrogens with zero attached hydrogens (tertiary/aromatic N) is 2. The Morgan fingerprint density at radius 3 is 2.82 bits per heavy atom. The van der Waals surface area contributed by atoms with Crippen molar-refractivity contribution in [2.24, 2.45) is 5.92 Å². The van der Waals surface area contributed by atoms with Crippen LogP contribution < -0.4 is 14.2 Å². The van der Waals surface area contributed by atoms with Crippen LogP contribution in [0.15, 0.2) is 66.9 Å². The van der Waals surface area contributed by atoms with E-state index in [0.717, 1.165) is 36.6 Å². The second kappa shape index (κ2) is 9.92. The van der Waals surface area contributed by atoms with Crippen LogP contribution in [0, 0.1) is 5.92 Å². The number of hydrogen-bond acceptors (Lipinski definition) is 6. The van der Waals surface area contributed by atoms with Crippen LogP contribution in [0.2, 0.25) is 0 Å². The molecule has 2 aromatic carbocycles. The topological polar surface area (TPSA) is 70.1 Å². The van der Waals surface area contributed by atoms with Gasteiger partial charge in [-0.05, 0) is 54.4 Å². The molecule has 1 aromatic heterocycles. The molecule has 1 saturated heterocycles. The van der Waals surface area contributed by atoms with Crippen LogP contribution in [0.3, 0.4) is 0 Å². The lowest BCUT2D eigenvalue weighted by molar-refractivity contribution is 0.0727. The number of amides is 1. The zero-order valence-corrected chi connectivity index (χ0v) is 18.3. The minimum atomic E-state index is -0.103. The number of rotatable bonds is 8. The molecule has 7 heteroatoms. The Labute approximate surface area is 192 Å². The molecule has 3 aromatic rings. The van der Waals surface area contributed by atoms with Crippen LogP contribution in [0.25, 0.3) is 0 Å². The Morgan fingerprint density at radius 2 is 1.97 bits per heavy atom. The first-order valence-electron chi connectivity index (χ1n) is 11.1. The number of pyridine rings is 1. The molecule has 3 heterocycles. The molecule has 0 saturated carbocycles. The molecule has 170 valence electrons. The van der Waals surface area contributed by atoms with Crippen molar-refractivity contribution in [1.29, 1.82) is 0 Å². The Kier molecular flexibility index (Phi) is 6.39. The van der Waals surface area contributed by atoms with Crippen molar-refractivity contribution in [3.05, 3.63) is 83.7 Å². The Balaban J connectivity index is 1.34. The fourth-order valence-corrected chi connectivity index (χ4v) is 3.98. The van der Waals surface area contributed by atoms with Gasteiger partial charge in [-0.25, -0.2) is 0 Å². The van der Waals surface area contributed by atoms with Crippen molar-refractivity contribution >= 4 is 5.91 Å². The summed E-state index contributed by atoms with van der Waals surface area (Å²) in [7, 11) is 0. The van der Waals surface area contributed by atoms with Crippen LogP contribution in [0.5, 0.6) is 17.2 Å². The molecule has 7 nitrogen and oxygen atoms in total. The first kappa shape index (κ1) is 21.3. The van der Waals surface area contributed by atoms with E-state index in [2.05, 4.69) is 4.98 Å². The summed E-state index contributed by atoms with van der Waals surface area (Å²) in [4.78, 5) is 19.7. The summed E-state index contributed by atoms with van der Waals surface area (Å²) >= 11 is 0. The molecule has 1 atom stereocenters. The van der Waals surface area contributed by atoms with Crippen LogP contribution >= 0.6 is 0 Å². The number of carbonyl (C=O) groups excluding carboxylic acids is 1. The van der Waals surface area contributed by atoms with Gasteiger partial charge in [-0.1, -0.05) is 18.2 Å². The smallest absolute Gasteiger partial charge is 0.254 e. The fraction of sp³-hybridized carbons (Fsp3) is 0.308. The third-order valence-corrected chi connectivity index (χ3v) is 5.77. The van der Waals surface area contributed by atoms with E-state index in [1.165, 1.54) is 0 Å². The lowest BCUT2D eigenvalue weighted by Gasteiger charge is -2.23.